The molecule has 29 heavy (non-hydrogen) atoms. The van der Waals surface area contributed by atoms with Gasteiger partial charge in [-0.1, -0.05) is 80.0 Å². The predicted molar refractivity (Wildman–Crippen MR) is 122 cm³/mol. The van der Waals surface area contributed by atoms with E-state index in [1.807, 2.05) is 12.1 Å². The zero-order valence-corrected chi connectivity index (χ0v) is 17.0. The smallest absolute Gasteiger partial charge is 0.143 e. The van der Waals surface area contributed by atoms with Gasteiger partial charge in [-0.2, -0.15) is 0 Å². The highest BCUT2D eigenvalue weighted by Gasteiger charge is 2.38. The average Bonchev–Trinajstić information content (AvgIpc) is 3.22. The zero-order chi connectivity index (χ0) is 19.8. The number of benzene rings is 4. The summed E-state index contributed by atoms with van der Waals surface area (Å²) >= 11 is 6.39. The minimum atomic E-state index is -0.133. The molecule has 0 radical (unpaired) electrons. The number of para-hydroxylation sites is 1. The van der Waals surface area contributed by atoms with Gasteiger partial charge in [0, 0.05) is 26.8 Å². The largest absolute Gasteiger partial charge is 0.455 e. The first kappa shape index (κ1) is 16.9. The molecule has 1 nitrogen and oxygen atoms in total. The van der Waals surface area contributed by atoms with Crippen molar-refractivity contribution >= 4 is 33.5 Å². The third-order valence-corrected chi connectivity index (χ3v) is 6.57. The van der Waals surface area contributed by atoms with Gasteiger partial charge in [0.25, 0.3) is 0 Å². The summed E-state index contributed by atoms with van der Waals surface area (Å²) in [6, 6.07) is 27.4. The van der Waals surface area contributed by atoms with Crippen molar-refractivity contribution in [3.63, 3.8) is 0 Å². The quantitative estimate of drug-likeness (QED) is 0.279. The highest BCUT2D eigenvalue weighted by molar-refractivity contribution is 6.31. The van der Waals surface area contributed by atoms with E-state index in [0.29, 0.717) is 0 Å². The molecule has 0 saturated carbocycles. The zero-order valence-electron chi connectivity index (χ0n) is 16.3. The van der Waals surface area contributed by atoms with Gasteiger partial charge in [-0.15, -0.1) is 0 Å². The van der Waals surface area contributed by atoms with Gasteiger partial charge in [-0.05, 0) is 52.1 Å². The predicted octanol–water partition coefficient (Wildman–Crippen LogP) is 8.21. The monoisotopic (exact) mass is 394 g/mol. The fourth-order valence-corrected chi connectivity index (χ4v) is 5.07. The van der Waals surface area contributed by atoms with Gasteiger partial charge in [-0.25, -0.2) is 0 Å². The molecule has 0 fully saturated rings. The van der Waals surface area contributed by atoms with Crippen molar-refractivity contribution in [2.45, 2.75) is 19.3 Å². The summed E-state index contributed by atoms with van der Waals surface area (Å²) in [5.74, 6) is 0. The van der Waals surface area contributed by atoms with Crippen molar-refractivity contribution < 1.29 is 4.42 Å². The number of halogens is 1. The fourth-order valence-electron chi connectivity index (χ4n) is 4.90. The molecule has 4 aromatic carbocycles. The number of fused-ring (bicyclic) bond motifs is 7. The SMILES string of the molecule is CC1(C)c2cc(Cl)ccc2-c2c1cc(-c1ccccc1)c1oc3ccccc3c21. The second-order valence-electron chi connectivity index (χ2n) is 8.33. The van der Waals surface area contributed by atoms with Crippen LogP contribution in [0.15, 0.2) is 83.3 Å². The van der Waals surface area contributed by atoms with E-state index in [1.165, 1.54) is 33.2 Å². The minimum absolute atomic E-state index is 0.133. The van der Waals surface area contributed by atoms with E-state index in [4.69, 9.17) is 16.0 Å². The third-order valence-electron chi connectivity index (χ3n) is 6.33. The summed E-state index contributed by atoms with van der Waals surface area (Å²) in [4.78, 5) is 0. The summed E-state index contributed by atoms with van der Waals surface area (Å²) in [5, 5.41) is 3.14. The Balaban J connectivity index is 1.85. The molecule has 0 aliphatic heterocycles. The Hall–Kier alpha value is -3.03. The van der Waals surface area contributed by atoms with Crippen molar-refractivity contribution in [2.24, 2.45) is 0 Å². The van der Waals surface area contributed by atoms with Gasteiger partial charge in [0.1, 0.15) is 11.2 Å². The second kappa shape index (κ2) is 5.75. The van der Waals surface area contributed by atoms with Gasteiger partial charge in [0.15, 0.2) is 0 Å². The molecule has 0 bridgehead atoms. The first-order valence-electron chi connectivity index (χ1n) is 9.90. The molecule has 0 saturated heterocycles. The molecule has 6 rings (SSSR count). The highest BCUT2D eigenvalue weighted by atomic mass is 35.5. The topological polar surface area (TPSA) is 13.1 Å². The molecule has 1 aliphatic rings. The summed E-state index contributed by atoms with van der Waals surface area (Å²) in [6.45, 7) is 4.58. The Morgan fingerprint density at radius 1 is 0.759 bits per heavy atom. The molecule has 0 amide bonds. The van der Waals surface area contributed by atoms with Crippen molar-refractivity contribution in [3.05, 3.63) is 95.0 Å². The Labute approximate surface area is 174 Å². The molecule has 0 atom stereocenters. The van der Waals surface area contributed by atoms with Gasteiger partial charge < -0.3 is 4.42 Å². The van der Waals surface area contributed by atoms with Crippen LogP contribution in [0.5, 0.6) is 0 Å². The van der Waals surface area contributed by atoms with Crippen LogP contribution < -0.4 is 0 Å². The molecule has 140 valence electrons. The third kappa shape index (κ3) is 2.22. The Kier molecular flexibility index (Phi) is 3.34. The molecular formula is C27H19ClO. The maximum Gasteiger partial charge on any atom is 0.143 e. The normalized spacial score (nSPS) is 14.3. The maximum absolute atomic E-state index is 6.44. The van der Waals surface area contributed by atoms with Crippen LogP contribution in [0.3, 0.4) is 0 Å². The molecule has 0 unspecified atom stereocenters. The van der Waals surface area contributed by atoms with Crippen molar-refractivity contribution in [3.8, 4) is 22.3 Å². The van der Waals surface area contributed by atoms with E-state index in [-0.39, 0.29) is 5.41 Å². The average molecular weight is 395 g/mol. The fraction of sp³-hybridized carbons (Fsp3) is 0.111. The van der Waals surface area contributed by atoms with Crippen molar-refractivity contribution in [1.82, 2.24) is 0 Å². The minimum Gasteiger partial charge on any atom is -0.455 e. The molecule has 0 spiro atoms. The molecular weight excluding hydrogens is 376 g/mol. The van der Waals surface area contributed by atoms with Crippen LogP contribution >= 0.6 is 11.6 Å². The van der Waals surface area contributed by atoms with Crippen molar-refractivity contribution in [2.75, 3.05) is 0 Å². The number of hydrogen-bond acceptors (Lipinski definition) is 1. The maximum atomic E-state index is 6.44. The lowest BCUT2D eigenvalue weighted by molar-refractivity contribution is 0.657. The van der Waals surface area contributed by atoms with Crippen LogP contribution in [0.2, 0.25) is 5.02 Å². The number of rotatable bonds is 1. The van der Waals surface area contributed by atoms with Crippen LogP contribution in [-0.2, 0) is 5.41 Å². The summed E-state index contributed by atoms with van der Waals surface area (Å²) in [5.41, 5.74) is 9.19. The molecule has 1 aromatic heterocycles. The van der Waals surface area contributed by atoms with Crippen LogP contribution in [-0.4, -0.2) is 0 Å². The lowest BCUT2D eigenvalue weighted by Gasteiger charge is -2.22. The van der Waals surface area contributed by atoms with Crippen LogP contribution in [0.25, 0.3) is 44.2 Å². The van der Waals surface area contributed by atoms with E-state index >= 15 is 0 Å². The lowest BCUT2D eigenvalue weighted by Crippen LogP contribution is -2.15. The lowest BCUT2D eigenvalue weighted by atomic mass is 9.81. The Bertz CT molecular complexity index is 1420. The summed E-state index contributed by atoms with van der Waals surface area (Å²) in [6.07, 6.45) is 0. The molecule has 1 aliphatic carbocycles. The van der Waals surface area contributed by atoms with E-state index in [0.717, 1.165) is 27.1 Å². The second-order valence-corrected chi connectivity index (χ2v) is 8.77. The summed E-state index contributed by atoms with van der Waals surface area (Å²) in [7, 11) is 0. The first-order chi connectivity index (χ1) is 14.1. The van der Waals surface area contributed by atoms with Crippen LogP contribution in [0.4, 0.5) is 0 Å². The van der Waals surface area contributed by atoms with Gasteiger partial charge in [0.2, 0.25) is 0 Å². The molecule has 5 aromatic rings. The van der Waals surface area contributed by atoms with Crippen LogP contribution in [0.1, 0.15) is 25.0 Å². The highest BCUT2D eigenvalue weighted by Crippen LogP contribution is 2.55. The van der Waals surface area contributed by atoms with Gasteiger partial charge >= 0.3 is 0 Å². The number of hydrogen-bond donors (Lipinski definition) is 0. The van der Waals surface area contributed by atoms with Gasteiger partial charge in [0.05, 0.1) is 0 Å². The molecule has 1 heterocycles. The van der Waals surface area contributed by atoms with E-state index < -0.39 is 0 Å². The number of furan rings is 1. The first-order valence-corrected chi connectivity index (χ1v) is 10.3. The van der Waals surface area contributed by atoms with Gasteiger partial charge in [-0.3, -0.25) is 0 Å². The Morgan fingerprint density at radius 2 is 1.52 bits per heavy atom. The summed E-state index contributed by atoms with van der Waals surface area (Å²) < 4.78 is 6.44. The van der Waals surface area contributed by atoms with Crippen LogP contribution in [0, 0.1) is 0 Å². The van der Waals surface area contributed by atoms with Crippen molar-refractivity contribution in [1.29, 1.82) is 0 Å². The molecule has 0 N–H and O–H groups in total. The van der Waals surface area contributed by atoms with E-state index in [1.54, 1.807) is 0 Å². The van der Waals surface area contributed by atoms with E-state index in [2.05, 4.69) is 80.6 Å². The standard InChI is InChI=1S/C27H19ClO/c1-27(2)21-14-17(28)12-13-18(21)24-22(27)15-20(16-8-4-3-5-9-16)26-25(24)19-10-6-7-11-23(19)29-26/h3-15H,1-2H3. The Morgan fingerprint density at radius 3 is 2.34 bits per heavy atom. The molecule has 2 heteroatoms. The van der Waals surface area contributed by atoms with E-state index in [9.17, 15) is 0 Å².